The van der Waals surface area contributed by atoms with E-state index in [9.17, 15) is 13.2 Å². The van der Waals surface area contributed by atoms with Crippen molar-refractivity contribution in [3.05, 3.63) is 59.7 Å². The smallest absolute Gasteiger partial charge is 0.251 e. The Balaban J connectivity index is 1.59. The molecule has 0 bridgehead atoms. The monoisotopic (exact) mass is 387 g/mol. The van der Waals surface area contributed by atoms with Gasteiger partial charge in [-0.25, -0.2) is 8.42 Å². The summed E-state index contributed by atoms with van der Waals surface area (Å²) in [6, 6.07) is 15.0. The third-order valence-electron chi connectivity index (χ3n) is 4.41. The van der Waals surface area contributed by atoms with Gasteiger partial charge in [-0.1, -0.05) is 24.3 Å². The van der Waals surface area contributed by atoms with Gasteiger partial charge in [0.1, 0.15) is 0 Å². The number of hydrogen-bond acceptors (Lipinski definition) is 4. The van der Waals surface area contributed by atoms with Crippen LogP contribution in [0.2, 0.25) is 0 Å². The van der Waals surface area contributed by atoms with Gasteiger partial charge in [0.25, 0.3) is 5.91 Å². The van der Waals surface area contributed by atoms with E-state index in [1.54, 1.807) is 18.2 Å². The molecule has 0 unspecified atom stereocenters. The van der Waals surface area contributed by atoms with Crippen molar-refractivity contribution in [3.8, 4) is 0 Å². The predicted molar refractivity (Wildman–Crippen MR) is 109 cm³/mol. The van der Waals surface area contributed by atoms with Crippen LogP contribution in [0.5, 0.6) is 0 Å². The van der Waals surface area contributed by atoms with Crippen LogP contribution in [0.25, 0.3) is 0 Å². The summed E-state index contributed by atoms with van der Waals surface area (Å²) in [5.74, 6) is -0.406. The van der Waals surface area contributed by atoms with Crippen LogP contribution in [-0.2, 0) is 16.4 Å². The van der Waals surface area contributed by atoms with Gasteiger partial charge >= 0.3 is 0 Å². The summed E-state index contributed by atoms with van der Waals surface area (Å²) in [6.45, 7) is 4.57. The van der Waals surface area contributed by atoms with E-state index in [0.29, 0.717) is 12.1 Å². The first-order valence-corrected chi connectivity index (χ1v) is 10.7. The number of para-hydroxylation sites is 1. The maximum atomic E-state index is 12.7. The number of amides is 1. The largest absolute Gasteiger partial charge is 0.383 e. The number of sulfonamides is 1. The molecule has 0 saturated carbocycles. The quantitative estimate of drug-likeness (QED) is 0.766. The molecule has 0 radical (unpaired) electrons. The van der Waals surface area contributed by atoms with E-state index in [1.807, 2.05) is 44.2 Å². The maximum absolute atomic E-state index is 12.7. The van der Waals surface area contributed by atoms with Crippen LogP contribution in [0, 0.1) is 0 Å². The third-order valence-corrected chi connectivity index (χ3v) is 6.18. The van der Waals surface area contributed by atoms with Crippen LogP contribution >= 0.6 is 0 Å². The highest BCUT2D eigenvalue weighted by Crippen LogP contribution is 2.29. The number of nitrogens with zero attached hydrogens (tertiary/aromatic N) is 1. The molecule has 3 rings (SSSR count). The number of carbonyl (C=O) groups is 1. The van der Waals surface area contributed by atoms with Crippen molar-refractivity contribution in [1.29, 1.82) is 0 Å². The number of rotatable bonds is 7. The lowest BCUT2D eigenvalue weighted by Gasteiger charge is -2.19. The summed E-state index contributed by atoms with van der Waals surface area (Å²) in [5, 5.41) is 5.95. The summed E-state index contributed by atoms with van der Waals surface area (Å²) in [6.07, 6.45) is 0.720. The number of carbonyl (C=O) groups excluding carboxylic acids is 1. The fourth-order valence-electron chi connectivity index (χ4n) is 3.19. The van der Waals surface area contributed by atoms with Gasteiger partial charge in [0.15, 0.2) is 0 Å². The van der Waals surface area contributed by atoms with Crippen molar-refractivity contribution in [3.63, 3.8) is 0 Å². The molecule has 1 aliphatic heterocycles. The summed E-state index contributed by atoms with van der Waals surface area (Å²) >= 11 is 0. The molecule has 0 aromatic heterocycles. The molecule has 2 aromatic carbocycles. The molecular weight excluding hydrogens is 362 g/mol. The molecule has 6 nitrogen and oxygen atoms in total. The number of nitrogens with one attached hydrogen (secondary N) is 2. The number of fused-ring (bicyclic) bond motifs is 1. The van der Waals surface area contributed by atoms with Gasteiger partial charge in [-0.2, -0.15) is 0 Å². The zero-order valence-corrected chi connectivity index (χ0v) is 16.4. The van der Waals surface area contributed by atoms with Gasteiger partial charge in [-0.15, -0.1) is 0 Å². The highest BCUT2D eigenvalue weighted by atomic mass is 32.2. The van der Waals surface area contributed by atoms with Crippen LogP contribution in [0.1, 0.15) is 29.8 Å². The second-order valence-corrected chi connectivity index (χ2v) is 8.92. The molecule has 7 heteroatoms. The molecule has 0 saturated heterocycles. The van der Waals surface area contributed by atoms with Gasteiger partial charge in [-0.3, -0.25) is 9.10 Å². The van der Waals surface area contributed by atoms with Crippen molar-refractivity contribution in [1.82, 2.24) is 5.32 Å². The molecule has 0 atom stereocenters. The minimum absolute atomic E-state index is 0.0711. The van der Waals surface area contributed by atoms with Gasteiger partial charge in [-0.05, 0) is 50.1 Å². The molecule has 2 aromatic rings. The van der Waals surface area contributed by atoms with E-state index in [4.69, 9.17) is 0 Å². The lowest BCUT2D eigenvalue weighted by molar-refractivity contribution is 0.0956. The van der Waals surface area contributed by atoms with Crippen molar-refractivity contribution in [2.75, 3.05) is 28.5 Å². The summed E-state index contributed by atoms with van der Waals surface area (Å²) in [4.78, 5) is 12.3. The molecule has 1 amide bonds. The van der Waals surface area contributed by atoms with Crippen molar-refractivity contribution >= 4 is 27.3 Å². The molecule has 1 heterocycles. The van der Waals surface area contributed by atoms with E-state index >= 15 is 0 Å². The summed E-state index contributed by atoms with van der Waals surface area (Å²) in [5.41, 5.74) is 3.15. The standard InChI is InChI=1S/C20H25N3O3S/c1-15(2)22-18-8-5-7-17(14-18)20(24)21-11-13-27(25,26)23-12-10-16-6-3-4-9-19(16)23/h3-9,14-15,22H,10-13H2,1-2H3,(H,21,24). The first-order chi connectivity index (χ1) is 12.9. The molecule has 0 spiro atoms. The van der Waals surface area contributed by atoms with Crippen LogP contribution in [0.4, 0.5) is 11.4 Å². The predicted octanol–water partition coefficient (Wildman–Crippen LogP) is 2.63. The molecular formula is C20H25N3O3S. The molecule has 27 heavy (non-hydrogen) atoms. The number of benzene rings is 2. The fourth-order valence-corrected chi connectivity index (χ4v) is 4.61. The Morgan fingerprint density at radius 1 is 1.15 bits per heavy atom. The third kappa shape index (κ3) is 4.60. The van der Waals surface area contributed by atoms with Gasteiger partial charge in [0.2, 0.25) is 10.0 Å². The topological polar surface area (TPSA) is 78.5 Å². The van der Waals surface area contributed by atoms with Crippen molar-refractivity contribution in [2.45, 2.75) is 26.3 Å². The van der Waals surface area contributed by atoms with Crippen LogP contribution in [0.3, 0.4) is 0 Å². The summed E-state index contributed by atoms with van der Waals surface area (Å²) in [7, 11) is -3.47. The first-order valence-electron chi connectivity index (χ1n) is 9.10. The first kappa shape index (κ1) is 19.2. The lowest BCUT2D eigenvalue weighted by atomic mass is 10.2. The van der Waals surface area contributed by atoms with Crippen LogP contribution in [-0.4, -0.2) is 39.2 Å². The van der Waals surface area contributed by atoms with E-state index in [-0.39, 0.29) is 24.2 Å². The van der Waals surface area contributed by atoms with Gasteiger partial charge in [0.05, 0.1) is 11.4 Å². The van der Waals surface area contributed by atoms with Crippen LogP contribution in [0.15, 0.2) is 48.5 Å². The fraction of sp³-hybridized carbons (Fsp3) is 0.350. The highest BCUT2D eigenvalue weighted by Gasteiger charge is 2.28. The molecule has 0 aliphatic carbocycles. The van der Waals surface area contributed by atoms with E-state index in [1.165, 1.54) is 4.31 Å². The minimum Gasteiger partial charge on any atom is -0.383 e. The van der Waals surface area contributed by atoms with Crippen molar-refractivity contribution in [2.24, 2.45) is 0 Å². The van der Waals surface area contributed by atoms with Crippen molar-refractivity contribution < 1.29 is 13.2 Å². The Bertz CT molecular complexity index is 926. The van der Waals surface area contributed by atoms with Crippen LogP contribution < -0.4 is 14.9 Å². The Hall–Kier alpha value is -2.54. The number of anilines is 2. The van der Waals surface area contributed by atoms with E-state index in [0.717, 1.165) is 23.4 Å². The second kappa shape index (κ2) is 8.00. The maximum Gasteiger partial charge on any atom is 0.251 e. The summed E-state index contributed by atoms with van der Waals surface area (Å²) < 4.78 is 26.8. The average Bonchev–Trinajstić information content (AvgIpc) is 3.06. The minimum atomic E-state index is -3.47. The highest BCUT2D eigenvalue weighted by molar-refractivity contribution is 7.92. The van der Waals surface area contributed by atoms with E-state index < -0.39 is 10.0 Å². The number of hydrogen-bond donors (Lipinski definition) is 2. The second-order valence-electron chi connectivity index (χ2n) is 6.90. The SMILES string of the molecule is CC(C)Nc1cccc(C(=O)NCCS(=O)(=O)N2CCc3ccccc32)c1. The Kier molecular flexibility index (Phi) is 5.70. The molecule has 1 aliphatic rings. The van der Waals surface area contributed by atoms with Gasteiger partial charge < -0.3 is 10.6 Å². The zero-order valence-electron chi connectivity index (χ0n) is 15.6. The normalized spacial score (nSPS) is 13.5. The van der Waals surface area contributed by atoms with Gasteiger partial charge in [0, 0.05) is 30.4 Å². The Morgan fingerprint density at radius 3 is 2.70 bits per heavy atom. The Labute approximate surface area is 160 Å². The van der Waals surface area contributed by atoms with E-state index in [2.05, 4.69) is 10.6 Å². The molecule has 2 N–H and O–H groups in total. The zero-order chi connectivity index (χ0) is 19.4. The molecule has 144 valence electrons. The lowest BCUT2D eigenvalue weighted by Crippen LogP contribution is -2.37. The average molecular weight is 388 g/mol. The Morgan fingerprint density at radius 2 is 1.93 bits per heavy atom. The molecule has 0 fully saturated rings.